The van der Waals surface area contributed by atoms with E-state index in [-0.39, 0.29) is 5.41 Å². The quantitative estimate of drug-likeness (QED) is 0.348. The van der Waals surface area contributed by atoms with Crippen LogP contribution in [0, 0.1) is 17.3 Å². The summed E-state index contributed by atoms with van der Waals surface area (Å²) in [5.74, 6) is 7.10. The minimum absolute atomic E-state index is 0.154. The topological polar surface area (TPSA) is 0 Å². The molecular formula is C10H17Cl. The van der Waals surface area contributed by atoms with Gasteiger partial charge in [-0.3, -0.25) is 0 Å². The maximum Gasteiger partial charge on any atom is 0.0230 e. The fourth-order valence-corrected chi connectivity index (χ4v) is 0.825. The van der Waals surface area contributed by atoms with Crippen molar-refractivity contribution in [2.24, 2.45) is 5.41 Å². The van der Waals surface area contributed by atoms with E-state index in [2.05, 4.69) is 32.6 Å². The largest absolute Gasteiger partial charge is 0.127 e. The molecule has 64 valence electrons. The van der Waals surface area contributed by atoms with E-state index in [4.69, 9.17) is 11.6 Å². The first kappa shape index (κ1) is 10.8. The molecule has 0 fully saturated rings. The van der Waals surface area contributed by atoms with Crippen LogP contribution in [0.15, 0.2) is 0 Å². The molecule has 0 rings (SSSR count). The Bertz CT molecular complexity index is 142. The molecule has 0 spiro atoms. The van der Waals surface area contributed by atoms with E-state index < -0.39 is 0 Å². The van der Waals surface area contributed by atoms with Crippen molar-refractivity contribution in [3.63, 3.8) is 0 Å². The molecule has 0 aliphatic rings. The molecule has 0 N–H and O–H groups in total. The molecule has 0 aromatic heterocycles. The molecule has 0 atom stereocenters. The van der Waals surface area contributed by atoms with E-state index in [0.29, 0.717) is 0 Å². The maximum atomic E-state index is 5.52. The van der Waals surface area contributed by atoms with Gasteiger partial charge in [-0.25, -0.2) is 0 Å². The van der Waals surface area contributed by atoms with Gasteiger partial charge in [0.1, 0.15) is 0 Å². The van der Waals surface area contributed by atoms with Crippen molar-refractivity contribution in [1.29, 1.82) is 0 Å². The summed E-state index contributed by atoms with van der Waals surface area (Å²) in [7, 11) is 0. The Morgan fingerprint density at radius 3 is 2.27 bits per heavy atom. The molecule has 0 heterocycles. The van der Waals surface area contributed by atoms with Crippen LogP contribution in [-0.4, -0.2) is 5.88 Å². The Morgan fingerprint density at radius 2 is 1.82 bits per heavy atom. The third kappa shape index (κ3) is 9.85. The number of halogens is 1. The summed E-state index contributed by atoms with van der Waals surface area (Å²) in [4.78, 5) is 0. The second-order valence-electron chi connectivity index (χ2n) is 3.70. The van der Waals surface area contributed by atoms with E-state index in [0.717, 1.165) is 25.1 Å². The van der Waals surface area contributed by atoms with Crippen LogP contribution in [0.2, 0.25) is 0 Å². The molecule has 11 heavy (non-hydrogen) atoms. The highest BCUT2D eigenvalue weighted by molar-refractivity contribution is 6.17. The lowest BCUT2D eigenvalue weighted by Crippen LogP contribution is -1.98. The van der Waals surface area contributed by atoms with Crippen LogP contribution in [0.3, 0.4) is 0 Å². The Kier molecular flexibility index (Phi) is 5.42. The van der Waals surface area contributed by atoms with Crippen molar-refractivity contribution < 1.29 is 0 Å². The van der Waals surface area contributed by atoms with Crippen LogP contribution in [0.1, 0.15) is 40.0 Å². The zero-order chi connectivity index (χ0) is 8.74. The molecule has 0 bridgehead atoms. The molecule has 0 saturated heterocycles. The maximum absolute atomic E-state index is 5.52. The number of unbranched alkanes of at least 4 members (excludes halogenated alkanes) is 2. The highest BCUT2D eigenvalue weighted by Gasteiger charge is 2.02. The Labute approximate surface area is 75.3 Å². The molecule has 0 saturated carbocycles. The van der Waals surface area contributed by atoms with Crippen LogP contribution >= 0.6 is 11.6 Å². The lowest BCUT2D eigenvalue weighted by atomic mass is 9.98. The lowest BCUT2D eigenvalue weighted by Gasteiger charge is -2.06. The van der Waals surface area contributed by atoms with Crippen molar-refractivity contribution >= 4 is 11.6 Å². The lowest BCUT2D eigenvalue weighted by molar-refractivity contribution is 0.570. The zero-order valence-corrected chi connectivity index (χ0v) is 8.46. The SMILES string of the molecule is CC(C)(C)C#CCCCCCl. The van der Waals surface area contributed by atoms with Crippen molar-refractivity contribution in [2.45, 2.75) is 40.0 Å². The molecule has 0 aliphatic heterocycles. The van der Waals surface area contributed by atoms with Gasteiger partial charge in [-0.2, -0.15) is 0 Å². The second kappa shape index (κ2) is 5.49. The molecule has 0 amide bonds. The Morgan fingerprint density at radius 1 is 1.18 bits per heavy atom. The normalized spacial score (nSPS) is 10.5. The molecule has 0 nitrogen and oxygen atoms in total. The summed E-state index contributed by atoms with van der Waals surface area (Å²) < 4.78 is 0. The highest BCUT2D eigenvalue weighted by atomic mass is 35.5. The standard InChI is InChI=1S/C10H17Cl/c1-10(2,3)8-6-4-5-7-9-11/h4-5,7,9H2,1-3H3. The predicted octanol–water partition coefficient (Wildman–Crippen LogP) is 3.45. The molecule has 0 radical (unpaired) electrons. The van der Waals surface area contributed by atoms with Crippen molar-refractivity contribution in [2.75, 3.05) is 5.88 Å². The third-order valence-electron chi connectivity index (χ3n) is 1.15. The summed E-state index contributed by atoms with van der Waals surface area (Å²) in [5.41, 5.74) is 0.154. The van der Waals surface area contributed by atoms with E-state index in [1.165, 1.54) is 0 Å². The van der Waals surface area contributed by atoms with Gasteiger partial charge in [-0.1, -0.05) is 5.92 Å². The van der Waals surface area contributed by atoms with Crippen LogP contribution in [-0.2, 0) is 0 Å². The summed E-state index contributed by atoms with van der Waals surface area (Å²) in [5, 5.41) is 0. The Hall–Kier alpha value is -0.150. The number of hydrogen-bond acceptors (Lipinski definition) is 0. The van der Waals surface area contributed by atoms with E-state index in [9.17, 15) is 0 Å². The van der Waals surface area contributed by atoms with Gasteiger partial charge in [0.25, 0.3) is 0 Å². The fraction of sp³-hybridized carbons (Fsp3) is 0.800. The molecule has 0 aromatic carbocycles. The van der Waals surface area contributed by atoms with Crippen LogP contribution in [0.25, 0.3) is 0 Å². The monoisotopic (exact) mass is 172 g/mol. The van der Waals surface area contributed by atoms with Gasteiger partial charge in [-0.15, -0.1) is 17.5 Å². The van der Waals surface area contributed by atoms with Gasteiger partial charge in [0.2, 0.25) is 0 Å². The minimum Gasteiger partial charge on any atom is -0.127 e. The fourth-order valence-electron chi connectivity index (χ4n) is 0.636. The summed E-state index contributed by atoms with van der Waals surface area (Å²) >= 11 is 5.52. The molecule has 1 heteroatoms. The molecule has 0 aliphatic carbocycles. The first-order chi connectivity index (χ1) is 5.06. The Balaban J connectivity index is 3.41. The average molecular weight is 173 g/mol. The number of alkyl halides is 1. The van der Waals surface area contributed by atoms with Gasteiger partial charge >= 0.3 is 0 Å². The highest BCUT2D eigenvalue weighted by Crippen LogP contribution is 2.10. The average Bonchev–Trinajstić information content (AvgIpc) is 1.85. The van der Waals surface area contributed by atoms with Gasteiger partial charge in [0.05, 0.1) is 0 Å². The van der Waals surface area contributed by atoms with Gasteiger partial charge in [0.15, 0.2) is 0 Å². The number of rotatable bonds is 3. The van der Waals surface area contributed by atoms with Crippen LogP contribution in [0.5, 0.6) is 0 Å². The van der Waals surface area contributed by atoms with Gasteiger partial charge in [0, 0.05) is 17.7 Å². The van der Waals surface area contributed by atoms with Crippen LogP contribution < -0.4 is 0 Å². The number of hydrogen-bond donors (Lipinski definition) is 0. The first-order valence-corrected chi connectivity index (χ1v) is 4.66. The van der Waals surface area contributed by atoms with Gasteiger partial charge < -0.3 is 0 Å². The first-order valence-electron chi connectivity index (χ1n) is 4.12. The third-order valence-corrected chi connectivity index (χ3v) is 1.42. The summed E-state index contributed by atoms with van der Waals surface area (Å²) in [6.07, 6.45) is 3.21. The van der Waals surface area contributed by atoms with E-state index >= 15 is 0 Å². The van der Waals surface area contributed by atoms with Gasteiger partial charge in [-0.05, 0) is 33.6 Å². The van der Waals surface area contributed by atoms with Crippen molar-refractivity contribution in [3.05, 3.63) is 0 Å². The molecule has 0 aromatic rings. The van der Waals surface area contributed by atoms with E-state index in [1.807, 2.05) is 0 Å². The molecular weight excluding hydrogens is 156 g/mol. The van der Waals surface area contributed by atoms with E-state index in [1.54, 1.807) is 0 Å². The van der Waals surface area contributed by atoms with Crippen molar-refractivity contribution in [3.8, 4) is 11.8 Å². The summed E-state index contributed by atoms with van der Waals surface area (Å²) in [6, 6.07) is 0. The predicted molar refractivity (Wildman–Crippen MR) is 51.8 cm³/mol. The van der Waals surface area contributed by atoms with Crippen molar-refractivity contribution in [1.82, 2.24) is 0 Å². The minimum atomic E-state index is 0.154. The summed E-state index contributed by atoms with van der Waals surface area (Å²) in [6.45, 7) is 6.38. The smallest absolute Gasteiger partial charge is 0.0230 e. The second-order valence-corrected chi connectivity index (χ2v) is 4.08. The zero-order valence-electron chi connectivity index (χ0n) is 7.71. The molecule has 0 unspecified atom stereocenters. The van der Waals surface area contributed by atoms with Crippen LogP contribution in [0.4, 0.5) is 0 Å².